The van der Waals surface area contributed by atoms with Crippen LogP contribution in [0, 0.1) is 0 Å². The van der Waals surface area contributed by atoms with Crippen molar-refractivity contribution >= 4 is 44.4 Å². The fourth-order valence-electron chi connectivity index (χ4n) is 2.98. The molecule has 0 unspecified atom stereocenters. The summed E-state index contributed by atoms with van der Waals surface area (Å²) in [6, 6.07) is 13.8. The number of carbonyl (C=O) groups is 1. The van der Waals surface area contributed by atoms with Gasteiger partial charge in [-0.15, -0.1) is 11.8 Å². The van der Waals surface area contributed by atoms with Crippen LogP contribution in [-0.2, 0) is 4.79 Å². The summed E-state index contributed by atoms with van der Waals surface area (Å²) in [6.07, 6.45) is 1.31. The maximum Gasteiger partial charge on any atom is 0.228 e. The van der Waals surface area contributed by atoms with E-state index in [1.807, 2.05) is 61.5 Å². The molecule has 0 aliphatic carbocycles. The largest absolute Gasteiger partial charge is 0.497 e. The number of aromatic nitrogens is 1. The number of fused-ring (bicyclic) bond motifs is 1. The van der Waals surface area contributed by atoms with E-state index in [9.17, 15) is 4.79 Å². The van der Waals surface area contributed by atoms with Gasteiger partial charge >= 0.3 is 0 Å². The Morgan fingerprint density at radius 1 is 1.03 bits per heavy atom. The summed E-state index contributed by atoms with van der Waals surface area (Å²) in [4.78, 5) is 22.9. The lowest BCUT2D eigenvalue weighted by molar-refractivity contribution is -0.118. The second kappa shape index (κ2) is 11.4. The molecule has 0 saturated heterocycles. The van der Waals surface area contributed by atoms with Crippen LogP contribution in [0.1, 0.15) is 12.8 Å². The van der Waals surface area contributed by atoms with Gasteiger partial charge in [-0.25, -0.2) is 4.98 Å². The van der Waals surface area contributed by atoms with Crippen molar-refractivity contribution in [3.8, 4) is 11.5 Å². The smallest absolute Gasteiger partial charge is 0.228 e. The topological polar surface area (TPSA) is 54.9 Å². The molecule has 0 fully saturated rings. The van der Waals surface area contributed by atoms with Gasteiger partial charge in [-0.1, -0.05) is 11.3 Å². The Morgan fingerprint density at radius 3 is 2.42 bits per heavy atom. The number of nitrogens with zero attached hydrogens (tertiary/aromatic N) is 3. The summed E-state index contributed by atoms with van der Waals surface area (Å²) < 4.78 is 11.5. The predicted molar refractivity (Wildman–Crippen MR) is 130 cm³/mol. The molecule has 166 valence electrons. The third kappa shape index (κ3) is 6.59. The highest BCUT2D eigenvalue weighted by Crippen LogP contribution is 2.32. The number of ether oxygens (including phenoxy) is 2. The van der Waals surface area contributed by atoms with E-state index in [2.05, 4.69) is 4.90 Å². The van der Waals surface area contributed by atoms with Crippen molar-refractivity contribution < 1.29 is 14.3 Å². The number of anilines is 1. The Hall–Kier alpha value is -2.29. The molecule has 1 heterocycles. The Morgan fingerprint density at radius 2 is 1.74 bits per heavy atom. The second-order valence-electron chi connectivity index (χ2n) is 7.31. The van der Waals surface area contributed by atoms with Gasteiger partial charge in [0.15, 0.2) is 5.13 Å². The zero-order chi connectivity index (χ0) is 22.2. The van der Waals surface area contributed by atoms with Crippen molar-refractivity contribution in [1.29, 1.82) is 0 Å². The van der Waals surface area contributed by atoms with E-state index in [4.69, 9.17) is 14.5 Å². The lowest BCUT2D eigenvalue weighted by Gasteiger charge is -2.22. The number of benzene rings is 2. The molecule has 0 radical (unpaired) electrons. The summed E-state index contributed by atoms with van der Waals surface area (Å²) >= 11 is 3.29. The molecule has 3 rings (SSSR count). The van der Waals surface area contributed by atoms with Gasteiger partial charge in [-0.2, -0.15) is 0 Å². The maximum absolute atomic E-state index is 13.1. The molecule has 0 bridgehead atoms. The summed E-state index contributed by atoms with van der Waals surface area (Å²) in [7, 11) is 7.34. The molecular formula is C23H29N3O3S2. The van der Waals surface area contributed by atoms with Gasteiger partial charge < -0.3 is 14.4 Å². The Bertz CT molecular complexity index is 989. The maximum atomic E-state index is 13.1. The molecule has 6 nitrogen and oxygen atoms in total. The van der Waals surface area contributed by atoms with Crippen LogP contribution in [-0.4, -0.2) is 62.9 Å². The Labute approximate surface area is 192 Å². The molecule has 0 aliphatic rings. The van der Waals surface area contributed by atoms with Crippen molar-refractivity contribution in [2.45, 2.75) is 17.7 Å². The molecule has 2 aromatic carbocycles. The van der Waals surface area contributed by atoms with Gasteiger partial charge in [0.1, 0.15) is 11.5 Å². The standard InChI is InChI=1S/C23H29N3O3S2/c1-25(2)13-14-26(23-24-20-12-9-18(29-4)16-21(20)31-23)22(27)6-5-15-30-19-10-7-17(28-3)8-11-19/h7-12,16H,5-6,13-15H2,1-4H3. The van der Waals surface area contributed by atoms with E-state index in [1.54, 1.807) is 26.0 Å². The van der Waals surface area contributed by atoms with Gasteiger partial charge in [0.25, 0.3) is 0 Å². The highest BCUT2D eigenvalue weighted by molar-refractivity contribution is 7.99. The predicted octanol–water partition coefficient (Wildman–Crippen LogP) is 4.78. The van der Waals surface area contributed by atoms with Gasteiger partial charge in [-0.3, -0.25) is 9.69 Å². The number of hydrogen-bond donors (Lipinski definition) is 0. The molecule has 0 atom stereocenters. The zero-order valence-electron chi connectivity index (χ0n) is 18.5. The summed E-state index contributed by atoms with van der Waals surface area (Å²) in [5.74, 6) is 2.65. The zero-order valence-corrected chi connectivity index (χ0v) is 20.1. The number of amides is 1. The third-order valence-electron chi connectivity index (χ3n) is 4.75. The van der Waals surface area contributed by atoms with Crippen LogP contribution >= 0.6 is 23.1 Å². The summed E-state index contributed by atoms with van der Waals surface area (Å²) in [5.41, 5.74) is 0.888. The molecule has 3 aromatic rings. The van der Waals surface area contributed by atoms with Gasteiger partial charge in [0.05, 0.1) is 24.4 Å². The van der Waals surface area contributed by atoms with E-state index in [0.29, 0.717) is 13.0 Å². The van der Waals surface area contributed by atoms with E-state index in [0.717, 1.165) is 45.6 Å². The van der Waals surface area contributed by atoms with Crippen LogP contribution in [0.25, 0.3) is 10.2 Å². The highest BCUT2D eigenvalue weighted by Gasteiger charge is 2.20. The van der Waals surface area contributed by atoms with Crippen molar-refractivity contribution in [2.24, 2.45) is 0 Å². The van der Waals surface area contributed by atoms with Crippen LogP contribution in [0.3, 0.4) is 0 Å². The summed E-state index contributed by atoms with van der Waals surface area (Å²) in [6.45, 7) is 1.40. The molecule has 0 spiro atoms. The number of rotatable bonds is 11. The fraction of sp³-hybridized carbons (Fsp3) is 0.391. The molecule has 0 aliphatic heterocycles. The van der Waals surface area contributed by atoms with Gasteiger partial charge in [0.2, 0.25) is 5.91 Å². The van der Waals surface area contributed by atoms with E-state index >= 15 is 0 Å². The minimum atomic E-state index is 0.114. The first-order chi connectivity index (χ1) is 15.0. The van der Waals surface area contributed by atoms with E-state index < -0.39 is 0 Å². The molecule has 1 aromatic heterocycles. The third-order valence-corrected chi connectivity index (χ3v) is 6.89. The second-order valence-corrected chi connectivity index (χ2v) is 9.48. The van der Waals surface area contributed by atoms with Crippen molar-refractivity contribution in [2.75, 3.05) is 52.1 Å². The number of hydrogen-bond acceptors (Lipinski definition) is 7. The van der Waals surface area contributed by atoms with Crippen molar-refractivity contribution in [3.05, 3.63) is 42.5 Å². The molecule has 8 heteroatoms. The van der Waals surface area contributed by atoms with Crippen LogP contribution in [0.4, 0.5) is 5.13 Å². The number of methoxy groups -OCH3 is 2. The van der Waals surface area contributed by atoms with Gasteiger partial charge in [0, 0.05) is 24.4 Å². The minimum Gasteiger partial charge on any atom is -0.497 e. The molecule has 0 saturated carbocycles. The van der Waals surface area contributed by atoms with E-state index in [1.165, 1.54) is 16.2 Å². The van der Waals surface area contributed by atoms with Crippen LogP contribution < -0.4 is 14.4 Å². The monoisotopic (exact) mass is 459 g/mol. The Kier molecular flexibility index (Phi) is 8.57. The first-order valence-electron chi connectivity index (χ1n) is 10.2. The lowest BCUT2D eigenvalue weighted by Crippen LogP contribution is -2.36. The quantitative estimate of drug-likeness (QED) is 0.304. The fourth-order valence-corrected chi connectivity index (χ4v) is 4.87. The molecule has 1 amide bonds. The van der Waals surface area contributed by atoms with E-state index in [-0.39, 0.29) is 5.91 Å². The summed E-state index contributed by atoms with van der Waals surface area (Å²) in [5, 5.41) is 0.748. The van der Waals surface area contributed by atoms with Crippen molar-refractivity contribution in [3.63, 3.8) is 0 Å². The minimum absolute atomic E-state index is 0.114. The molecule has 0 N–H and O–H groups in total. The van der Waals surface area contributed by atoms with Gasteiger partial charge in [-0.05, 0) is 68.7 Å². The highest BCUT2D eigenvalue weighted by atomic mass is 32.2. The molecular weight excluding hydrogens is 430 g/mol. The number of thiazole rings is 1. The normalized spacial score (nSPS) is 11.1. The van der Waals surface area contributed by atoms with Crippen LogP contribution in [0.2, 0.25) is 0 Å². The average molecular weight is 460 g/mol. The van der Waals surface area contributed by atoms with Crippen molar-refractivity contribution in [1.82, 2.24) is 9.88 Å². The number of thioether (sulfide) groups is 1. The SMILES string of the molecule is COc1ccc(SCCCC(=O)N(CCN(C)C)c2nc3ccc(OC)cc3s2)cc1. The Balaban J connectivity index is 1.62. The first kappa shape index (κ1) is 23.4. The van der Waals surface area contributed by atoms with Crippen LogP contribution in [0.15, 0.2) is 47.4 Å². The molecule has 31 heavy (non-hydrogen) atoms. The number of carbonyl (C=O) groups excluding carboxylic acids is 1. The van der Waals surface area contributed by atoms with Crippen LogP contribution in [0.5, 0.6) is 11.5 Å². The first-order valence-corrected chi connectivity index (χ1v) is 12.0. The number of likely N-dealkylation sites (N-methyl/N-ethyl adjacent to an activating group) is 1. The lowest BCUT2D eigenvalue weighted by atomic mass is 10.3. The average Bonchev–Trinajstić information content (AvgIpc) is 3.19.